The van der Waals surface area contributed by atoms with Gasteiger partial charge in [0.05, 0.1) is 0 Å². The van der Waals surface area contributed by atoms with Crippen molar-refractivity contribution in [2.45, 2.75) is 6.92 Å². The van der Waals surface area contributed by atoms with E-state index in [2.05, 4.69) is 25.2 Å². The van der Waals surface area contributed by atoms with E-state index in [1.54, 1.807) is 14.0 Å². The van der Waals surface area contributed by atoms with Crippen molar-refractivity contribution in [2.24, 2.45) is 10.2 Å². The minimum atomic E-state index is 0.442. The van der Waals surface area contributed by atoms with Gasteiger partial charge in [-0.3, -0.25) is 0 Å². The van der Waals surface area contributed by atoms with E-state index >= 15 is 0 Å². The van der Waals surface area contributed by atoms with Gasteiger partial charge in [0.2, 0.25) is 5.82 Å². The molecule has 0 unspecified atom stereocenters. The Labute approximate surface area is 51.7 Å². The molecule has 0 spiro atoms. The van der Waals surface area contributed by atoms with Crippen molar-refractivity contribution in [2.75, 3.05) is 7.05 Å². The molecule has 0 radical (unpaired) electrons. The summed E-state index contributed by atoms with van der Waals surface area (Å²) < 4.78 is 4.34. The monoisotopic (exact) mass is 126 g/mol. The van der Waals surface area contributed by atoms with E-state index in [0.29, 0.717) is 11.5 Å². The fraction of sp³-hybridized carbons (Fsp3) is 0.500. The van der Waals surface area contributed by atoms with Crippen LogP contribution in [0.4, 0.5) is 5.82 Å². The van der Waals surface area contributed by atoms with Crippen LogP contribution in [0.3, 0.4) is 0 Å². The molecule has 9 heavy (non-hydrogen) atoms. The van der Waals surface area contributed by atoms with Crippen LogP contribution in [-0.2, 0) is 0 Å². The Morgan fingerprint density at radius 3 is 2.67 bits per heavy atom. The Hall–Kier alpha value is -1.26. The first kappa shape index (κ1) is 5.87. The second-order valence-electron chi connectivity index (χ2n) is 1.47. The van der Waals surface area contributed by atoms with Gasteiger partial charge in [0.15, 0.2) is 0 Å². The Morgan fingerprint density at radius 2 is 2.22 bits per heavy atom. The van der Waals surface area contributed by atoms with Gasteiger partial charge in [0.1, 0.15) is 5.69 Å². The van der Waals surface area contributed by atoms with Gasteiger partial charge in [-0.15, -0.1) is 5.11 Å². The molecule has 0 saturated heterocycles. The second-order valence-corrected chi connectivity index (χ2v) is 1.47. The first-order valence-corrected chi connectivity index (χ1v) is 2.43. The van der Waals surface area contributed by atoms with Gasteiger partial charge < -0.3 is 0 Å². The molecule has 1 aromatic heterocycles. The average molecular weight is 126 g/mol. The molecule has 0 aromatic carbocycles. The minimum absolute atomic E-state index is 0.442. The van der Waals surface area contributed by atoms with E-state index in [4.69, 9.17) is 0 Å². The largest absolute Gasteiger partial charge is 0.242 e. The van der Waals surface area contributed by atoms with Crippen LogP contribution < -0.4 is 0 Å². The maximum atomic E-state index is 4.34. The van der Waals surface area contributed by atoms with Crippen LogP contribution in [-0.4, -0.2) is 17.4 Å². The number of nitrogens with zero attached hydrogens (tertiary/aromatic N) is 4. The molecular formula is C4H6N4O. The normalized spacial score (nSPS) is 10.9. The molecule has 1 heterocycles. The van der Waals surface area contributed by atoms with Crippen molar-refractivity contribution < 1.29 is 4.63 Å². The van der Waals surface area contributed by atoms with Crippen molar-refractivity contribution in [1.82, 2.24) is 10.3 Å². The molecule has 0 aliphatic heterocycles. The Balaban J connectivity index is 2.94. The lowest BCUT2D eigenvalue weighted by Gasteiger charge is -1.76. The average Bonchev–Trinajstić information content (AvgIpc) is 2.18. The summed E-state index contributed by atoms with van der Waals surface area (Å²) in [7, 11) is 1.56. The van der Waals surface area contributed by atoms with Crippen LogP contribution in [0.15, 0.2) is 14.9 Å². The second kappa shape index (κ2) is 2.34. The van der Waals surface area contributed by atoms with Gasteiger partial charge in [-0.2, -0.15) is 5.11 Å². The molecule has 5 heteroatoms. The third-order valence-electron chi connectivity index (χ3n) is 0.823. The lowest BCUT2D eigenvalue weighted by atomic mass is 10.5. The van der Waals surface area contributed by atoms with Crippen LogP contribution in [0.2, 0.25) is 0 Å². The molecule has 0 N–H and O–H groups in total. The summed E-state index contributed by atoms with van der Waals surface area (Å²) in [5.41, 5.74) is 0.653. The Bertz CT molecular complexity index is 216. The zero-order valence-corrected chi connectivity index (χ0v) is 5.20. The van der Waals surface area contributed by atoms with E-state index in [1.165, 1.54) is 0 Å². The van der Waals surface area contributed by atoms with Crippen LogP contribution in [0, 0.1) is 6.92 Å². The highest BCUT2D eigenvalue weighted by Gasteiger charge is 2.00. The molecule has 48 valence electrons. The number of hydrogen-bond donors (Lipinski definition) is 0. The van der Waals surface area contributed by atoms with Crippen LogP contribution in [0.25, 0.3) is 0 Å². The molecule has 1 rings (SSSR count). The zero-order valence-electron chi connectivity index (χ0n) is 5.20. The van der Waals surface area contributed by atoms with Crippen molar-refractivity contribution in [3.8, 4) is 0 Å². The SMILES string of the molecule is CN=Nc1nonc1C. The van der Waals surface area contributed by atoms with Crippen LogP contribution in [0.1, 0.15) is 5.69 Å². The summed E-state index contributed by atoms with van der Waals surface area (Å²) in [6, 6.07) is 0. The van der Waals surface area contributed by atoms with Crippen molar-refractivity contribution in [3.63, 3.8) is 0 Å². The van der Waals surface area contributed by atoms with Crippen molar-refractivity contribution >= 4 is 5.82 Å². The molecule has 0 saturated carbocycles. The van der Waals surface area contributed by atoms with Crippen molar-refractivity contribution in [3.05, 3.63) is 5.69 Å². The van der Waals surface area contributed by atoms with Gasteiger partial charge >= 0.3 is 0 Å². The van der Waals surface area contributed by atoms with E-state index in [9.17, 15) is 0 Å². The number of aryl methyl sites for hydroxylation is 1. The smallest absolute Gasteiger partial charge is 0.240 e. The molecule has 0 fully saturated rings. The predicted molar refractivity (Wildman–Crippen MR) is 29.5 cm³/mol. The Kier molecular flexibility index (Phi) is 1.53. The number of aromatic nitrogens is 2. The van der Waals surface area contributed by atoms with E-state index in [-0.39, 0.29) is 0 Å². The van der Waals surface area contributed by atoms with Crippen LogP contribution in [0.5, 0.6) is 0 Å². The van der Waals surface area contributed by atoms with Crippen LogP contribution >= 0.6 is 0 Å². The Morgan fingerprint density at radius 1 is 1.44 bits per heavy atom. The maximum Gasteiger partial charge on any atom is 0.240 e. The summed E-state index contributed by atoms with van der Waals surface area (Å²) in [5, 5.41) is 14.1. The number of rotatable bonds is 1. The first-order valence-electron chi connectivity index (χ1n) is 2.43. The highest BCUT2D eigenvalue weighted by atomic mass is 16.6. The topological polar surface area (TPSA) is 63.6 Å². The highest BCUT2D eigenvalue weighted by Crippen LogP contribution is 2.10. The van der Waals surface area contributed by atoms with Gasteiger partial charge in [0, 0.05) is 7.05 Å². The van der Waals surface area contributed by atoms with Gasteiger partial charge in [0.25, 0.3) is 0 Å². The molecule has 0 bridgehead atoms. The van der Waals surface area contributed by atoms with Gasteiger partial charge in [-0.25, -0.2) is 4.63 Å². The number of hydrogen-bond acceptors (Lipinski definition) is 5. The number of azo groups is 1. The molecule has 1 aromatic rings. The summed E-state index contributed by atoms with van der Waals surface area (Å²) in [5.74, 6) is 0.442. The lowest BCUT2D eigenvalue weighted by Crippen LogP contribution is -1.66. The first-order chi connectivity index (χ1) is 4.34. The minimum Gasteiger partial charge on any atom is -0.242 e. The molecule has 0 atom stereocenters. The summed E-state index contributed by atoms with van der Waals surface area (Å²) in [6.07, 6.45) is 0. The van der Waals surface area contributed by atoms with E-state index in [1.807, 2.05) is 0 Å². The van der Waals surface area contributed by atoms with Gasteiger partial charge in [-0.05, 0) is 12.1 Å². The molecular weight excluding hydrogens is 120 g/mol. The third kappa shape index (κ3) is 1.10. The highest BCUT2D eigenvalue weighted by molar-refractivity contribution is 5.27. The predicted octanol–water partition coefficient (Wildman–Crippen LogP) is 1.09. The lowest BCUT2D eigenvalue weighted by molar-refractivity contribution is 0.305. The van der Waals surface area contributed by atoms with Crippen molar-refractivity contribution in [1.29, 1.82) is 0 Å². The van der Waals surface area contributed by atoms with Gasteiger partial charge in [-0.1, -0.05) is 5.16 Å². The third-order valence-corrected chi connectivity index (χ3v) is 0.823. The summed E-state index contributed by atoms with van der Waals surface area (Å²) >= 11 is 0. The summed E-state index contributed by atoms with van der Waals surface area (Å²) in [6.45, 7) is 1.75. The standard InChI is InChI=1S/C4H6N4O/c1-3-4(6-5-2)8-9-7-3/h1-2H3. The molecule has 5 nitrogen and oxygen atoms in total. The van der Waals surface area contributed by atoms with E-state index < -0.39 is 0 Å². The fourth-order valence-corrected chi connectivity index (χ4v) is 0.413. The maximum absolute atomic E-state index is 4.34. The zero-order chi connectivity index (χ0) is 6.69. The molecule has 0 aliphatic rings. The molecule has 0 amide bonds. The van der Waals surface area contributed by atoms with E-state index in [0.717, 1.165) is 0 Å². The molecule has 0 aliphatic carbocycles. The fourth-order valence-electron chi connectivity index (χ4n) is 0.413. The quantitative estimate of drug-likeness (QED) is 0.529. The summed E-state index contributed by atoms with van der Waals surface area (Å²) in [4.78, 5) is 0.